The minimum atomic E-state index is -3.59. The van der Waals surface area contributed by atoms with Crippen LogP contribution in [0.2, 0.25) is 0 Å². The molecule has 0 saturated carbocycles. The van der Waals surface area contributed by atoms with Crippen LogP contribution in [0.1, 0.15) is 22.3 Å². The first-order valence-corrected chi connectivity index (χ1v) is 11.5. The van der Waals surface area contributed by atoms with Gasteiger partial charge in [0.15, 0.2) is 0 Å². The van der Waals surface area contributed by atoms with Crippen LogP contribution in [0.15, 0.2) is 53.4 Å². The Hall–Kier alpha value is -2.42. The highest BCUT2D eigenvalue weighted by atomic mass is 32.2. The summed E-state index contributed by atoms with van der Waals surface area (Å²) in [4.78, 5) is 14.8. The molecule has 1 amide bonds. The maximum absolute atomic E-state index is 12.9. The lowest BCUT2D eigenvalue weighted by Crippen LogP contribution is -2.47. The monoisotopic (exact) mass is 431 g/mol. The number of hydrogen-bond acceptors (Lipinski definition) is 5. The molecular weight excluding hydrogens is 402 g/mol. The largest absolute Gasteiger partial charge is 0.497 e. The lowest BCUT2D eigenvalue weighted by molar-refractivity contribution is 0.0953. The van der Waals surface area contributed by atoms with Crippen molar-refractivity contribution in [1.29, 1.82) is 0 Å². The molecule has 1 aliphatic heterocycles. The maximum atomic E-state index is 12.9. The van der Waals surface area contributed by atoms with Gasteiger partial charge in [-0.25, -0.2) is 8.42 Å². The average molecular weight is 432 g/mol. The van der Waals surface area contributed by atoms with Gasteiger partial charge in [0.25, 0.3) is 5.91 Å². The first kappa shape index (κ1) is 22.3. The maximum Gasteiger partial charge on any atom is 0.251 e. The number of nitrogens with one attached hydrogen (secondary N) is 1. The van der Waals surface area contributed by atoms with Crippen LogP contribution in [-0.4, -0.2) is 70.4 Å². The van der Waals surface area contributed by atoms with Gasteiger partial charge in [-0.1, -0.05) is 18.2 Å². The fourth-order valence-electron chi connectivity index (χ4n) is 3.36. The third kappa shape index (κ3) is 5.59. The lowest BCUT2D eigenvalue weighted by Gasteiger charge is -2.31. The quantitative estimate of drug-likeness (QED) is 0.647. The molecule has 3 rings (SSSR count). The van der Waals surface area contributed by atoms with E-state index in [2.05, 4.69) is 10.2 Å². The Labute approximate surface area is 178 Å². The van der Waals surface area contributed by atoms with Gasteiger partial charge in [0.2, 0.25) is 10.0 Å². The fraction of sp³-hybridized carbons (Fsp3) is 0.409. The van der Waals surface area contributed by atoms with Crippen LogP contribution in [-0.2, 0) is 16.4 Å². The Morgan fingerprint density at radius 3 is 2.43 bits per heavy atom. The number of nitrogens with zero attached hydrogens (tertiary/aromatic N) is 2. The summed E-state index contributed by atoms with van der Waals surface area (Å²) in [5.74, 6) is 0.554. The summed E-state index contributed by atoms with van der Waals surface area (Å²) in [6.07, 6.45) is 1.62. The molecule has 1 saturated heterocycles. The summed E-state index contributed by atoms with van der Waals surface area (Å²) >= 11 is 0. The van der Waals surface area contributed by atoms with Gasteiger partial charge in [0.05, 0.1) is 12.0 Å². The van der Waals surface area contributed by atoms with E-state index in [0.29, 0.717) is 38.3 Å². The SMILES string of the molecule is COc1ccc(CCCNC(=O)c2cccc(S(=O)(=O)N3CCN(C)CC3)c2)cc1. The van der Waals surface area contributed by atoms with Gasteiger partial charge in [-0.2, -0.15) is 4.31 Å². The molecule has 1 N–H and O–H groups in total. The highest BCUT2D eigenvalue weighted by Gasteiger charge is 2.27. The molecule has 162 valence electrons. The van der Waals surface area contributed by atoms with Gasteiger partial charge in [-0.3, -0.25) is 4.79 Å². The van der Waals surface area contributed by atoms with Crippen molar-refractivity contribution in [1.82, 2.24) is 14.5 Å². The van der Waals surface area contributed by atoms with E-state index < -0.39 is 10.0 Å². The van der Waals surface area contributed by atoms with Crippen LogP contribution in [0.4, 0.5) is 0 Å². The summed E-state index contributed by atoms with van der Waals surface area (Å²) < 4.78 is 32.4. The smallest absolute Gasteiger partial charge is 0.251 e. The van der Waals surface area contributed by atoms with E-state index in [9.17, 15) is 13.2 Å². The van der Waals surface area contributed by atoms with E-state index >= 15 is 0 Å². The molecule has 2 aromatic rings. The molecule has 1 heterocycles. The molecule has 0 aromatic heterocycles. The predicted octanol–water partition coefficient (Wildman–Crippen LogP) is 1.99. The molecule has 0 radical (unpaired) electrons. The van der Waals surface area contributed by atoms with Crippen LogP contribution in [0.5, 0.6) is 5.75 Å². The lowest BCUT2D eigenvalue weighted by atomic mass is 10.1. The van der Waals surface area contributed by atoms with Gasteiger partial charge in [-0.15, -0.1) is 0 Å². The molecule has 2 aromatic carbocycles. The number of ether oxygens (including phenoxy) is 1. The number of benzene rings is 2. The summed E-state index contributed by atoms with van der Waals surface area (Å²) in [5, 5.41) is 2.88. The zero-order valence-electron chi connectivity index (χ0n) is 17.5. The number of piperazine rings is 1. The molecule has 1 fully saturated rings. The molecule has 8 heteroatoms. The zero-order chi connectivity index (χ0) is 21.6. The number of likely N-dealkylation sites (N-methyl/N-ethyl adjacent to an activating group) is 1. The Balaban J connectivity index is 1.55. The van der Waals surface area contributed by atoms with Crippen LogP contribution >= 0.6 is 0 Å². The number of hydrogen-bond donors (Lipinski definition) is 1. The fourth-order valence-corrected chi connectivity index (χ4v) is 4.83. The van der Waals surface area contributed by atoms with Crippen molar-refractivity contribution < 1.29 is 17.9 Å². The first-order chi connectivity index (χ1) is 14.4. The standard InChI is InChI=1S/C22H29N3O4S/c1-24-13-15-25(16-14-24)30(27,28)21-7-3-6-19(17-21)22(26)23-12-4-5-18-8-10-20(29-2)11-9-18/h3,6-11,17H,4-5,12-16H2,1-2H3,(H,23,26). The molecule has 1 aliphatic rings. The van der Waals surface area contributed by atoms with E-state index in [1.165, 1.54) is 15.9 Å². The van der Waals surface area contributed by atoms with Gasteiger partial charge in [-0.05, 0) is 55.8 Å². The number of carbonyl (C=O) groups is 1. The molecule has 7 nitrogen and oxygen atoms in total. The number of rotatable bonds is 8. The second-order valence-electron chi connectivity index (χ2n) is 7.44. The van der Waals surface area contributed by atoms with Crippen LogP contribution < -0.4 is 10.1 Å². The molecule has 0 spiro atoms. The third-order valence-corrected chi connectivity index (χ3v) is 7.18. The first-order valence-electron chi connectivity index (χ1n) is 10.1. The number of amides is 1. The second-order valence-corrected chi connectivity index (χ2v) is 9.38. The summed E-state index contributed by atoms with van der Waals surface area (Å²) in [6, 6.07) is 14.1. The Morgan fingerprint density at radius 1 is 1.07 bits per heavy atom. The zero-order valence-corrected chi connectivity index (χ0v) is 18.3. The van der Waals surface area contributed by atoms with Crippen molar-refractivity contribution in [2.75, 3.05) is 46.9 Å². The average Bonchev–Trinajstić information content (AvgIpc) is 2.77. The van der Waals surface area contributed by atoms with Gasteiger partial charge >= 0.3 is 0 Å². The van der Waals surface area contributed by atoms with Crippen molar-refractivity contribution >= 4 is 15.9 Å². The highest BCUT2D eigenvalue weighted by molar-refractivity contribution is 7.89. The molecule has 0 bridgehead atoms. The number of aryl methyl sites for hydroxylation is 1. The van der Waals surface area contributed by atoms with Crippen molar-refractivity contribution in [3.63, 3.8) is 0 Å². The van der Waals surface area contributed by atoms with Crippen molar-refractivity contribution in [2.24, 2.45) is 0 Å². The number of sulfonamides is 1. The second kappa shape index (κ2) is 10.1. The summed E-state index contributed by atoms with van der Waals surface area (Å²) in [7, 11) is 0.0186. The van der Waals surface area contributed by atoms with E-state index in [0.717, 1.165) is 18.6 Å². The van der Waals surface area contributed by atoms with Crippen LogP contribution in [0.25, 0.3) is 0 Å². The minimum Gasteiger partial charge on any atom is -0.497 e. The molecule has 30 heavy (non-hydrogen) atoms. The van der Waals surface area contributed by atoms with Crippen molar-refractivity contribution in [3.8, 4) is 5.75 Å². The Kier molecular flexibility index (Phi) is 7.47. The van der Waals surface area contributed by atoms with E-state index in [-0.39, 0.29) is 10.8 Å². The van der Waals surface area contributed by atoms with E-state index in [4.69, 9.17) is 4.74 Å². The minimum absolute atomic E-state index is 0.165. The third-order valence-electron chi connectivity index (χ3n) is 5.28. The number of methoxy groups -OCH3 is 1. The van der Waals surface area contributed by atoms with E-state index in [1.54, 1.807) is 25.3 Å². The molecule has 0 unspecified atom stereocenters. The Morgan fingerprint density at radius 2 is 1.77 bits per heavy atom. The summed E-state index contributed by atoms with van der Waals surface area (Å²) in [5.41, 5.74) is 1.53. The molecule has 0 atom stereocenters. The summed E-state index contributed by atoms with van der Waals surface area (Å²) in [6.45, 7) is 2.84. The van der Waals surface area contributed by atoms with Crippen LogP contribution in [0, 0.1) is 0 Å². The van der Waals surface area contributed by atoms with Crippen molar-refractivity contribution in [2.45, 2.75) is 17.7 Å². The van der Waals surface area contributed by atoms with Gasteiger partial charge < -0.3 is 15.0 Å². The van der Waals surface area contributed by atoms with Crippen LogP contribution in [0.3, 0.4) is 0 Å². The van der Waals surface area contributed by atoms with Crippen molar-refractivity contribution in [3.05, 3.63) is 59.7 Å². The van der Waals surface area contributed by atoms with E-state index in [1.807, 2.05) is 31.3 Å². The van der Waals surface area contributed by atoms with Gasteiger partial charge in [0, 0.05) is 38.3 Å². The normalized spacial score (nSPS) is 15.7. The molecular formula is C22H29N3O4S. The number of carbonyl (C=O) groups excluding carboxylic acids is 1. The Bertz CT molecular complexity index is 953. The van der Waals surface area contributed by atoms with Gasteiger partial charge in [0.1, 0.15) is 5.75 Å². The molecule has 0 aliphatic carbocycles. The topological polar surface area (TPSA) is 78.9 Å². The highest BCUT2D eigenvalue weighted by Crippen LogP contribution is 2.19. The predicted molar refractivity (Wildman–Crippen MR) is 116 cm³/mol.